The van der Waals surface area contributed by atoms with Gasteiger partial charge >= 0.3 is 0 Å². The zero-order chi connectivity index (χ0) is 17.8. The second-order valence-electron chi connectivity index (χ2n) is 6.50. The van der Waals surface area contributed by atoms with Gasteiger partial charge in [-0.3, -0.25) is 9.78 Å². The Morgan fingerprint density at radius 2 is 2.04 bits per heavy atom. The molecule has 0 saturated carbocycles. The summed E-state index contributed by atoms with van der Waals surface area (Å²) in [6.07, 6.45) is 8.36. The molecule has 0 spiro atoms. The molecule has 0 unspecified atom stereocenters. The summed E-state index contributed by atoms with van der Waals surface area (Å²) in [6.45, 7) is 1.37. The third-order valence-electron chi connectivity index (χ3n) is 4.77. The molecule has 132 valence electrons. The summed E-state index contributed by atoms with van der Waals surface area (Å²) in [6, 6.07) is 11.8. The van der Waals surface area contributed by atoms with E-state index < -0.39 is 0 Å². The van der Waals surface area contributed by atoms with Crippen molar-refractivity contribution in [3.05, 3.63) is 71.8 Å². The van der Waals surface area contributed by atoms with Crippen molar-refractivity contribution in [3.63, 3.8) is 0 Å². The molecule has 2 aromatic heterocycles. The van der Waals surface area contributed by atoms with Gasteiger partial charge in [0.15, 0.2) is 0 Å². The second-order valence-corrected chi connectivity index (χ2v) is 6.50. The van der Waals surface area contributed by atoms with Crippen LogP contribution in [0.3, 0.4) is 0 Å². The summed E-state index contributed by atoms with van der Waals surface area (Å²) >= 11 is 0. The van der Waals surface area contributed by atoms with Crippen LogP contribution in [0.5, 0.6) is 0 Å². The van der Waals surface area contributed by atoms with Gasteiger partial charge in [0, 0.05) is 24.5 Å². The fourth-order valence-corrected chi connectivity index (χ4v) is 3.45. The lowest BCUT2D eigenvalue weighted by Crippen LogP contribution is -2.38. The monoisotopic (exact) mass is 348 g/mol. The van der Waals surface area contributed by atoms with Crippen molar-refractivity contribution in [1.29, 1.82) is 0 Å². The van der Waals surface area contributed by atoms with Crippen LogP contribution in [0.1, 0.15) is 46.8 Å². The Hall–Kier alpha value is -3.09. The molecular formula is C19H20N6O. The molecule has 1 saturated heterocycles. The van der Waals surface area contributed by atoms with Gasteiger partial charge in [-0.25, -0.2) is 4.68 Å². The fourth-order valence-electron chi connectivity index (χ4n) is 3.45. The number of benzene rings is 1. The van der Waals surface area contributed by atoms with Gasteiger partial charge in [-0.1, -0.05) is 18.2 Å². The highest BCUT2D eigenvalue weighted by molar-refractivity contribution is 5.94. The minimum Gasteiger partial charge on any atom is -0.332 e. The molecule has 0 N–H and O–H groups in total. The Bertz CT molecular complexity index is 848. The molecule has 1 fully saturated rings. The summed E-state index contributed by atoms with van der Waals surface area (Å²) in [5.74, 6) is 0.0764. The minimum absolute atomic E-state index is 0.0764. The van der Waals surface area contributed by atoms with Crippen molar-refractivity contribution in [1.82, 2.24) is 30.1 Å². The summed E-state index contributed by atoms with van der Waals surface area (Å²) in [4.78, 5) is 19.3. The predicted molar refractivity (Wildman–Crippen MR) is 95.2 cm³/mol. The maximum absolute atomic E-state index is 13.1. The maximum Gasteiger partial charge on any atom is 0.254 e. The van der Waals surface area contributed by atoms with Crippen LogP contribution in [0.15, 0.2) is 55.1 Å². The molecule has 26 heavy (non-hydrogen) atoms. The number of likely N-dealkylation sites (tertiary alicyclic amines) is 1. The lowest BCUT2D eigenvalue weighted by molar-refractivity contribution is 0.0611. The highest BCUT2D eigenvalue weighted by atomic mass is 16.2. The van der Waals surface area contributed by atoms with Crippen LogP contribution in [-0.2, 0) is 6.54 Å². The highest BCUT2D eigenvalue weighted by Crippen LogP contribution is 2.31. The quantitative estimate of drug-likeness (QED) is 0.724. The van der Waals surface area contributed by atoms with E-state index in [9.17, 15) is 4.79 Å². The molecule has 1 aliphatic heterocycles. The van der Waals surface area contributed by atoms with E-state index in [1.807, 2.05) is 41.4 Å². The van der Waals surface area contributed by atoms with Crippen molar-refractivity contribution in [3.8, 4) is 0 Å². The zero-order valence-corrected chi connectivity index (χ0v) is 14.4. The summed E-state index contributed by atoms with van der Waals surface area (Å²) in [5, 5.41) is 11.1. The van der Waals surface area contributed by atoms with Gasteiger partial charge in [0.2, 0.25) is 0 Å². The molecule has 3 heterocycles. The van der Waals surface area contributed by atoms with E-state index in [-0.39, 0.29) is 11.9 Å². The predicted octanol–water partition coefficient (Wildman–Crippen LogP) is 2.48. The van der Waals surface area contributed by atoms with E-state index >= 15 is 0 Å². The van der Waals surface area contributed by atoms with Crippen molar-refractivity contribution in [2.24, 2.45) is 0 Å². The maximum atomic E-state index is 13.1. The number of hydrogen-bond acceptors (Lipinski definition) is 5. The van der Waals surface area contributed by atoms with Crippen LogP contribution in [0.25, 0.3) is 0 Å². The molecule has 0 radical (unpaired) electrons. The number of rotatable bonds is 4. The van der Waals surface area contributed by atoms with Gasteiger partial charge in [-0.05, 0) is 59.0 Å². The number of pyridine rings is 1. The third-order valence-corrected chi connectivity index (χ3v) is 4.77. The molecular weight excluding hydrogens is 328 g/mol. The first-order valence-corrected chi connectivity index (χ1v) is 8.82. The van der Waals surface area contributed by atoms with Crippen LogP contribution in [0.2, 0.25) is 0 Å². The molecule has 3 aromatic rings. The average Bonchev–Trinajstić information content (AvgIpc) is 3.22. The summed E-state index contributed by atoms with van der Waals surface area (Å²) < 4.78 is 1.65. The number of carbonyl (C=O) groups excluding carboxylic acids is 1. The second kappa shape index (κ2) is 7.43. The summed E-state index contributed by atoms with van der Waals surface area (Å²) in [5.41, 5.74) is 2.87. The topological polar surface area (TPSA) is 76.8 Å². The normalized spacial score (nSPS) is 17.2. The van der Waals surface area contributed by atoms with E-state index in [1.165, 1.54) is 0 Å². The molecule has 7 heteroatoms. The van der Waals surface area contributed by atoms with Crippen LogP contribution < -0.4 is 0 Å². The lowest BCUT2D eigenvalue weighted by atomic mass is 9.95. The van der Waals surface area contributed by atoms with Gasteiger partial charge in [0.1, 0.15) is 6.33 Å². The van der Waals surface area contributed by atoms with Gasteiger partial charge in [-0.2, -0.15) is 0 Å². The van der Waals surface area contributed by atoms with E-state index in [0.717, 1.165) is 36.9 Å². The third kappa shape index (κ3) is 3.46. The Morgan fingerprint density at radius 1 is 1.15 bits per heavy atom. The zero-order valence-electron chi connectivity index (χ0n) is 14.4. The molecule has 1 aliphatic rings. The largest absolute Gasteiger partial charge is 0.332 e. The first-order valence-electron chi connectivity index (χ1n) is 8.82. The smallest absolute Gasteiger partial charge is 0.254 e. The van der Waals surface area contributed by atoms with Crippen molar-refractivity contribution >= 4 is 5.91 Å². The van der Waals surface area contributed by atoms with E-state index in [2.05, 4.69) is 26.6 Å². The van der Waals surface area contributed by atoms with Gasteiger partial charge < -0.3 is 4.90 Å². The lowest BCUT2D eigenvalue weighted by Gasteiger charge is -2.36. The van der Waals surface area contributed by atoms with Gasteiger partial charge in [0.25, 0.3) is 5.91 Å². The fraction of sp³-hybridized carbons (Fsp3) is 0.316. The number of nitrogens with zero attached hydrogens (tertiary/aromatic N) is 6. The van der Waals surface area contributed by atoms with Crippen molar-refractivity contribution in [2.45, 2.75) is 31.8 Å². The van der Waals surface area contributed by atoms with Crippen LogP contribution in [0, 0.1) is 0 Å². The van der Waals surface area contributed by atoms with Gasteiger partial charge in [0.05, 0.1) is 12.6 Å². The first kappa shape index (κ1) is 16.4. The number of piperidine rings is 1. The molecule has 7 nitrogen and oxygen atoms in total. The van der Waals surface area contributed by atoms with Crippen LogP contribution in [-0.4, -0.2) is 42.5 Å². The SMILES string of the molecule is O=C(c1ccc(Cn2cnnn2)cc1)N1CCCC[C@@H]1c1cccnc1. The molecule has 0 aliphatic carbocycles. The highest BCUT2D eigenvalue weighted by Gasteiger charge is 2.28. The van der Waals surface area contributed by atoms with E-state index in [4.69, 9.17) is 0 Å². The van der Waals surface area contributed by atoms with Crippen LogP contribution in [0.4, 0.5) is 0 Å². The average molecular weight is 348 g/mol. The Morgan fingerprint density at radius 3 is 2.77 bits per heavy atom. The van der Waals surface area contributed by atoms with Crippen molar-refractivity contribution in [2.75, 3.05) is 6.54 Å². The minimum atomic E-state index is 0.0764. The Kier molecular flexibility index (Phi) is 4.68. The Balaban J connectivity index is 1.52. The number of amides is 1. The standard InChI is InChI=1S/C19H20N6O/c26-19(16-8-6-15(7-9-16)13-24-14-21-22-23-24)25-11-2-1-5-18(25)17-4-3-10-20-12-17/h3-4,6-10,12,14,18H,1-2,5,11,13H2/t18-/m1/s1. The molecule has 1 aromatic carbocycles. The number of aromatic nitrogens is 5. The number of hydrogen-bond donors (Lipinski definition) is 0. The Labute approximate surface area is 151 Å². The molecule has 4 rings (SSSR count). The van der Waals surface area contributed by atoms with Crippen molar-refractivity contribution < 1.29 is 4.79 Å². The molecule has 1 amide bonds. The summed E-state index contributed by atoms with van der Waals surface area (Å²) in [7, 11) is 0. The number of carbonyl (C=O) groups is 1. The molecule has 1 atom stereocenters. The van der Waals surface area contributed by atoms with Gasteiger partial charge in [-0.15, -0.1) is 5.10 Å². The molecule has 0 bridgehead atoms. The number of tetrazole rings is 1. The van der Waals surface area contributed by atoms with E-state index in [1.54, 1.807) is 17.2 Å². The van der Waals surface area contributed by atoms with E-state index in [0.29, 0.717) is 12.1 Å². The first-order chi connectivity index (χ1) is 12.8. The van der Waals surface area contributed by atoms with Crippen LogP contribution >= 0.6 is 0 Å².